The van der Waals surface area contributed by atoms with E-state index in [2.05, 4.69) is 15.6 Å². The quantitative estimate of drug-likeness (QED) is 0.625. The van der Waals surface area contributed by atoms with Crippen LogP contribution in [0, 0.1) is 6.92 Å². The maximum absolute atomic E-state index is 12.5. The van der Waals surface area contributed by atoms with Crippen molar-refractivity contribution in [2.45, 2.75) is 44.6 Å². The van der Waals surface area contributed by atoms with Crippen LogP contribution in [-0.4, -0.2) is 25.8 Å². The molecule has 0 spiro atoms. The third-order valence-electron chi connectivity index (χ3n) is 3.80. The minimum absolute atomic E-state index is 0.0318. The maximum atomic E-state index is 12.5. The molecule has 0 aliphatic carbocycles. The molecule has 0 aromatic heterocycles. The molecule has 7 nitrogen and oxygen atoms in total. The molecule has 2 aromatic carbocycles. The number of hydrogen-bond acceptors (Lipinski definition) is 4. The molecule has 0 atom stereocenters. The highest BCUT2D eigenvalue weighted by molar-refractivity contribution is 7.89. The maximum Gasteiger partial charge on any atom is 0.269 e. The molecule has 0 unspecified atom stereocenters. The van der Waals surface area contributed by atoms with Gasteiger partial charge in [0.25, 0.3) is 5.91 Å². The summed E-state index contributed by atoms with van der Waals surface area (Å²) in [7, 11) is -3.79. The lowest BCUT2D eigenvalue weighted by atomic mass is 10.1. The Bertz CT molecular complexity index is 1010. The van der Waals surface area contributed by atoms with Crippen LogP contribution in [0.3, 0.4) is 0 Å². The lowest BCUT2D eigenvalue weighted by Crippen LogP contribution is -2.43. The molecule has 0 aliphatic rings. The average Bonchev–Trinajstić information content (AvgIpc) is 2.60. The van der Waals surface area contributed by atoms with Crippen molar-refractivity contribution in [3.63, 3.8) is 0 Å². The summed E-state index contributed by atoms with van der Waals surface area (Å²) in [5.41, 5.74) is 5.44. The van der Waals surface area contributed by atoms with Gasteiger partial charge in [-0.15, -0.1) is 0 Å². The molecule has 29 heavy (non-hydrogen) atoms. The van der Waals surface area contributed by atoms with E-state index in [1.807, 2.05) is 0 Å². The molecule has 0 fully saturated rings. The predicted molar refractivity (Wildman–Crippen MR) is 112 cm³/mol. The van der Waals surface area contributed by atoms with E-state index in [-0.39, 0.29) is 16.9 Å². The molecular weight excluding hydrogens is 414 g/mol. The minimum Gasteiger partial charge on any atom is -0.273 e. The van der Waals surface area contributed by atoms with Crippen molar-refractivity contribution in [1.82, 2.24) is 15.6 Å². The van der Waals surface area contributed by atoms with Crippen LogP contribution in [0.5, 0.6) is 0 Å². The first-order valence-electron chi connectivity index (χ1n) is 8.86. The molecule has 2 rings (SSSR count). The van der Waals surface area contributed by atoms with Crippen molar-refractivity contribution < 1.29 is 18.0 Å². The van der Waals surface area contributed by atoms with Gasteiger partial charge in [-0.2, -0.15) is 0 Å². The van der Waals surface area contributed by atoms with Crippen LogP contribution in [0.15, 0.2) is 47.4 Å². The number of nitrogens with one attached hydrogen (secondary N) is 3. The van der Waals surface area contributed by atoms with Gasteiger partial charge in [-0.05, 0) is 63.1 Å². The summed E-state index contributed by atoms with van der Waals surface area (Å²) in [6.45, 7) is 6.85. The highest BCUT2D eigenvalue weighted by Crippen LogP contribution is 2.17. The second-order valence-electron chi connectivity index (χ2n) is 7.64. The first-order valence-corrected chi connectivity index (χ1v) is 10.7. The monoisotopic (exact) mass is 437 g/mol. The number of sulfonamides is 1. The Morgan fingerprint density at radius 3 is 2.21 bits per heavy atom. The van der Waals surface area contributed by atoms with Crippen molar-refractivity contribution in [3.05, 3.63) is 64.2 Å². The van der Waals surface area contributed by atoms with E-state index in [4.69, 9.17) is 11.6 Å². The van der Waals surface area contributed by atoms with Crippen LogP contribution in [0.4, 0.5) is 0 Å². The van der Waals surface area contributed by atoms with Gasteiger partial charge < -0.3 is 0 Å². The Kier molecular flexibility index (Phi) is 7.05. The lowest BCUT2D eigenvalue weighted by Gasteiger charge is -2.20. The van der Waals surface area contributed by atoms with E-state index in [0.717, 1.165) is 5.56 Å². The normalized spacial score (nSPS) is 11.8. The summed E-state index contributed by atoms with van der Waals surface area (Å²) in [5, 5.41) is 0.564. The fraction of sp³-hybridized carbons (Fsp3) is 0.300. The Labute approximate surface area is 175 Å². The molecular formula is C20H24ClN3O4S. The molecule has 2 aromatic rings. The van der Waals surface area contributed by atoms with E-state index < -0.39 is 27.4 Å². The van der Waals surface area contributed by atoms with E-state index in [1.165, 1.54) is 12.1 Å². The van der Waals surface area contributed by atoms with E-state index in [0.29, 0.717) is 10.6 Å². The number of aryl methyl sites for hydroxylation is 1. The first-order chi connectivity index (χ1) is 13.4. The zero-order chi connectivity index (χ0) is 21.8. The molecule has 0 saturated heterocycles. The van der Waals surface area contributed by atoms with Gasteiger partial charge in [-0.25, -0.2) is 13.1 Å². The second-order valence-corrected chi connectivity index (χ2v) is 9.76. The van der Waals surface area contributed by atoms with E-state index in [1.54, 1.807) is 58.0 Å². The van der Waals surface area contributed by atoms with Crippen LogP contribution < -0.4 is 15.6 Å². The molecule has 0 aliphatic heterocycles. The summed E-state index contributed by atoms with van der Waals surface area (Å²) in [6, 6.07) is 11.0. The summed E-state index contributed by atoms with van der Waals surface area (Å²) in [5.74, 6) is -1.03. The number of carbonyl (C=O) groups is 2. The Hall–Kier alpha value is -2.42. The molecule has 0 heterocycles. The van der Waals surface area contributed by atoms with Gasteiger partial charge in [0.2, 0.25) is 15.9 Å². The standard InChI is InChI=1S/C20H24ClN3O4S/c1-13-5-10-16(29(27,28)24-20(2,3)4)12-17(13)19(26)23-22-18(25)11-14-6-8-15(21)9-7-14/h5-10,12,24H,11H2,1-4H3,(H,22,25)(H,23,26). The lowest BCUT2D eigenvalue weighted by molar-refractivity contribution is -0.121. The first kappa shape index (κ1) is 22.9. The van der Waals surface area contributed by atoms with E-state index in [9.17, 15) is 18.0 Å². The summed E-state index contributed by atoms with van der Waals surface area (Å²) >= 11 is 5.81. The fourth-order valence-corrected chi connectivity index (χ4v) is 4.07. The van der Waals surface area contributed by atoms with Gasteiger partial charge in [0.05, 0.1) is 11.3 Å². The summed E-state index contributed by atoms with van der Waals surface area (Å²) in [4.78, 5) is 24.5. The number of hydrazine groups is 1. The van der Waals surface area contributed by atoms with Crippen molar-refractivity contribution in [3.8, 4) is 0 Å². The molecule has 0 saturated carbocycles. The van der Waals surface area contributed by atoms with Gasteiger partial charge in [0.15, 0.2) is 0 Å². The average molecular weight is 438 g/mol. The van der Waals surface area contributed by atoms with Crippen molar-refractivity contribution >= 4 is 33.4 Å². The second kappa shape index (κ2) is 8.94. The minimum atomic E-state index is -3.79. The molecule has 2 amide bonds. The number of carbonyl (C=O) groups excluding carboxylic acids is 2. The van der Waals surface area contributed by atoms with Gasteiger partial charge in [-0.1, -0.05) is 29.8 Å². The van der Waals surface area contributed by atoms with Crippen molar-refractivity contribution in [1.29, 1.82) is 0 Å². The van der Waals surface area contributed by atoms with Crippen LogP contribution in [0.1, 0.15) is 42.3 Å². The van der Waals surface area contributed by atoms with Gasteiger partial charge in [-0.3, -0.25) is 20.4 Å². The van der Waals surface area contributed by atoms with Gasteiger partial charge in [0, 0.05) is 16.1 Å². The van der Waals surface area contributed by atoms with Gasteiger partial charge >= 0.3 is 0 Å². The zero-order valence-corrected chi connectivity index (χ0v) is 18.2. The highest BCUT2D eigenvalue weighted by Gasteiger charge is 2.23. The number of benzene rings is 2. The number of rotatable bonds is 5. The smallest absolute Gasteiger partial charge is 0.269 e. The fourth-order valence-electron chi connectivity index (χ4n) is 2.50. The van der Waals surface area contributed by atoms with Crippen molar-refractivity contribution in [2.75, 3.05) is 0 Å². The highest BCUT2D eigenvalue weighted by atomic mass is 35.5. The summed E-state index contributed by atoms with van der Waals surface area (Å²) in [6.07, 6.45) is 0.0559. The van der Waals surface area contributed by atoms with E-state index >= 15 is 0 Å². The molecule has 0 bridgehead atoms. The Morgan fingerprint density at radius 1 is 1.00 bits per heavy atom. The SMILES string of the molecule is Cc1ccc(S(=O)(=O)NC(C)(C)C)cc1C(=O)NNC(=O)Cc1ccc(Cl)cc1. The van der Waals surface area contributed by atoms with Crippen LogP contribution in [0.2, 0.25) is 5.02 Å². The van der Waals surface area contributed by atoms with Crippen molar-refractivity contribution in [2.24, 2.45) is 0 Å². The van der Waals surface area contributed by atoms with Crippen LogP contribution in [-0.2, 0) is 21.2 Å². The molecule has 0 radical (unpaired) electrons. The summed E-state index contributed by atoms with van der Waals surface area (Å²) < 4.78 is 27.6. The largest absolute Gasteiger partial charge is 0.273 e. The molecule has 3 N–H and O–H groups in total. The Morgan fingerprint density at radius 2 is 1.62 bits per heavy atom. The number of halogens is 1. The number of hydrogen-bond donors (Lipinski definition) is 3. The third kappa shape index (κ3) is 6.85. The predicted octanol–water partition coefficient (Wildman–Crippen LogP) is 2.73. The van der Waals surface area contributed by atoms with Gasteiger partial charge in [0.1, 0.15) is 0 Å². The number of amides is 2. The molecule has 156 valence electrons. The topological polar surface area (TPSA) is 104 Å². The molecule has 9 heteroatoms. The zero-order valence-electron chi connectivity index (χ0n) is 16.7. The third-order valence-corrected chi connectivity index (χ3v) is 5.81. The van der Waals surface area contributed by atoms with Crippen LogP contribution in [0.25, 0.3) is 0 Å². The Balaban J connectivity index is 2.08. The van der Waals surface area contributed by atoms with Crippen LogP contribution >= 0.6 is 11.6 Å².